The number of amides is 1. The molecule has 0 spiro atoms. The summed E-state index contributed by atoms with van der Waals surface area (Å²) in [5.74, 6) is 0.207. The highest BCUT2D eigenvalue weighted by Crippen LogP contribution is 2.30. The average molecular weight is 430 g/mol. The highest BCUT2D eigenvalue weighted by molar-refractivity contribution is 5.95. The molecule has 1 saturated heterocycles. The molecule has 1 atom stereocenters. The molecule has 31 heavy (non-hydrogen) atoms. The van der Waals surface area contributed by atoms with Gasteiger partial charge in [-0.2, -0.15) is 0 Å². The van der Waals surface area contributed by atoms with Gasteiger partial charge in [-0.25, -0.2) is 4.39 Å². The molecule has 8 heteroatoms. The zero-order chi connectivity index (χ0) is 22.5. The lowest BCUT2D eigenvalue weighted by molar-refractivity contribution is -0.385. The molecule has 1 unspecified atom stereocenters. The Morgan fingerprint density at radius 1 is 1.19 bits per heavy atom. The molecule has 0 radical (unpaired) electrons. The van der Waals surface area contributed by atoms with Crippen LogP contribution < -0.4 is 9.47 Å². The van der Waals surface area contributed by atoms with E-state index < -0.39 is 10.7 Å². The third-order valence-corrected chi connectivity index (χ3v) is 5.86. The molecule has 0 bridgehead atoms. The molecule has 1 heterocycles. The van der Waals surface area contributed by atoms with Crippen molar-refractivity contribution < 1.29 is 23.6 Å². The fourth-order valence-corrected chi connectivity index (χ4v) is 4.08. The summed E-state index contributed by atoms with van der Waals surface area (Å²) in [5.41, 5.74) is 0.646. The zero-order valence-electron chi connectivity index (χ0n) is 18.0. The second kappa shape index (κ2) is 9.76. The molecular weight excluding hydrogens is 403 g/mol. The number of nitro groups is 1. The Morgan fingerprint density at radius 2 is 1.94 bits per heavy atom. The van der Waals surface area contributed by atoms with Gasteiger partial charge in [0.2, 0.25) is 0 Å². The number of nitro benzene ring substituents is 1. The van der Waals surface area contributed by atoms with Crippen molar-refractivity contribution in [3.05, 3.63) is 63.0 Å². The number of nitrogens with zero attached hydrogens (tertiary/aromatic N) is 2. The van der Waals surface area contributed by atoms with Crippen LogP contribution in [0.5, 0.6) is 11.5 Å². The van der Waals surface area contributed by atoms with Crippen LogP contribution in [-0.4, -0.2) is 42.5 Å². The van der Waals surface area contributed by atoms with E-state index in [0.29, 0.717) is 18.0 Å². The fraction of sp³-hybridized carbons (Fsp3) is 0.435. The van der Waals surface area contributed by atoms with Crippen molar-refractivity contribution in [3.8, 4) is 11.5 Å². The van der Waals surface area contributed by atoms with Crippen molar-refractivity contribution in [1.82, 2.24) is 4.90 Å². The molecule has 2 aromatic rings. The van der Waals surface area contributed by atoms with Crippen LogP contribution in [-0.2, 0) is 6.42 Å². The van der Waals surface area contributed by atoms with Gasteiger partial charge < -0.3 is 14.4 Å². The molecule has 3 rings (SSSR count). The summed E-state index contributed by atoms with van der Waals surface area (Å²) >= 11 is 0. The minimum Gasteiger partial charge on any atom is -0.493 e. The van der Waals surface area contributed by atoms with Gasteiger partial charge in [0, 0.05) is 24.2 Å². The molecule has 0 saturated carbocycles. The van der Waals surface area contributed by atoms with Crippen LogP contribution in [0.25, 0.3) is 0 Å². The van der Waals surface area contributed by atoms with E-state index in [4.69, 9.17) is 9.47 Å². The van der Waals surface area contributed by atoms with Crippen molar-refractivity contribution in [3.63, 3.8) is 0 Å². The summed E-state index contributed by atoms with van der Waals surface area (Å²) in [4.78, 5) is 25.5. The van der Waals surface area contributed by atoms with Crippen LogP contribution in [0.1, 0.15) is 47.2 Å². The largest absolute Gasteiger partial charge is 0.493 e. The van der Waals surface area contributed by atoms with Crippen LogP contribution in [0.2, 0.25) is 0 Å². The van der Waals surface area contributed by atoms with Crippen molar-refractivity contribution in [2.45, 2.75) is 45.1 Å². The number of rotatable bonds is 7. The summed E-state index contributed by atoms with van der Waals surface area (Å²) in [6, 6.07) is 8.01. The summed E-state index contributed by atoms with van der Waals surface area (Å²) in [7, 11) is 3.17. The second-order valence-electron chi connectivity index (χ2n) is 7.74. The minimum atomic E-state index is -0.739. The number of methoxy groups -OCH3 is 2. The van der Waals surface area contributed by atoms with Gasteiger partial charge in [-0.05, 0) is 62.8 Å². The van der Waals surface area contributed by atoms with E-state index >= 15 is 0 Å². The summed E-state index contributed by atoms with van der Waals surface area (Å²) in [6.45, 7) is 1.90. The SMILES string of the molecule is COc1ccc(CCC2CCCCN2C(=O)c2cc(F)c(C)c([N+](=O)[O-])c2)cc1OC. The normalized spacial score (nSPS) is 16.1. The maximum atomic E-state index is 14.2. The Hall–Kier alpha value is -3.16. The number of halogens is 1. The highest BCUT2D eigenvalue weighted by atomic mass is 19.1. The van der Waals surface area contributed by atoms with Gasteiger partial charge in [0.05, 0.1) is 24.7 Å². The smallest absolute Gasteiger partial charge is 0.276 e. The Morgan fingerprint density at radius 3 is 2.61 bits per heavy atom. The number of carbonyl (C=O) groups is 1. The first-order valence-corrected chi connectivity index (χ1v) is 10.3. The van der Waals surface area contributed by atoms with Crippen molar-refractivity contribution in [1.29, 1.82) is 0 Å². The average Bonchev–Trinajstić information content (AvgIpc) is 2.78. The Bertz CT molecular complexity index is 979. The predicted molar refractivity (Wildman–Crippen MR) is 114 cm³/mol. The Kier molecular flexibility index (Phi) is 7.09. The van der Waals surface area contributed by atoms with Crippen LogP contribution in [0, 0.1) is 22.9 Å². The van der Waals surface area contributed by atoms with E-state index in [1.54, 1.807) is 19.1 Å². The molecule has 7 nitrogen and oxygen atoms in total. The van der Waals surface area contributed by atoms with Gasteiger partial charge in [-0.1, -0.05) is 6.07 Å². The van der Waals surface area contributed by atoms with Crippen molar-refractivity contribution >= 4 is 11.6 Å². The van der Waals surface area contributed by atoms with Gasteiger partial charge >= 0.3 is 0 Å². The Labute approximate surface area is 180 Å². The number of likely N-dealkylation sites (tertiary alicyclic amines) is 1. The lowest BCUT2D eigenvalue weighted by Crippen LogP contribution is -2.44. The van der Waals surface area contributed by atoms with E-state index in [1.165, 1.54) is 13.0 Å². The van der Waals surface area contributed by atoms with Crippen molar-refractivity contribution in [2.75, 3.05) is 20.8 Å². The van der Waals surface area contributed by atoms with Crippen LogP contribution in [0.15, 0.2) is 30.3 Å². The molecule has 166 valence electrons. The maximum absolute atomic E-state index is 14.2. The first-order valence-electron chi connectivity index (χ1n) is 10.3. The van der Waals surface area contributed by atoms with Gasteiger partial charge in [-0.3, -0.25) is 14.9 Å². The van der Waals surface area contributed by atoms with E-state index in [0.717, 1.165) is 43.7 Å². The van der Waals surface area contributed by atoms with Gasteiger partial charge in [0.1, 0.15) is 5.82 Å². The summed E-state index contributed by atoms with van der Waals surface area (Å²) in [5, 5.41) is 11.2. The number of ether oxygens (including phenoxy) is 2. The molecule has 1 fully saturated rings. The van der Waals surface area contributed by atoms with Crippen LogP contribution >= 0.6 is 0 Å². The molecule has 1 aliphatic heterocycles. The van der Waals surface area contributed by atoms with Crippen LogP contribution in [0.3, 0.4) is 0 Å². The van der Waals surface area contributed by atoms with Gasteiger partial charge in [0.25, 0.3) is 11.6 Å². The fourth-order valence-electron chi connectivity index (χ4n) is 4.08. The monoisotopic (exact) mass is 430 g/mol. The lowest BCUT2D eigenvalue weighted by atomic mass is 9.94. The predicted octanol–water partition coefficient (Wildman–Crippen LogP) is 4.69. The van der Waals surface area contributed by atoms with E-state index in [2.05, 4.69) is 0 Å². The van der Waals surface area contributed by atoms with Gasteiger partial charge in [-0.15, -0.1) is 0 Å². The summed E-state index contributed by atoms with van der Waals surface area (Å²) < 4.78 is 24.9. The number of benzene rings is 2. The standard InChI is InChI=1S/C23H27FN2O5/c1-15-19(24)13-17(14-20(15)26(28)29)23(27)25-11-5-4-6-18(25)9-7-16-8-10-21(30-2)22(12-16)31-3/h8,10,12-14,18H,4-7,9,11H2,1-3H3. The second-order valence-corrected chi connectivity index (χ2v) is 7.74. The zero-order valence-corrected chi connectivity index (χ0v) is 18.0. The number of piperidine rings is 1. The Balaban J connectivity index is 1.78. The quantitative estimate of drug-likeness (QED) is 0.470. The topological polar surface area (TPSA) is 81.9 Å². The third kappa shape index (κ3) is 4.95. The lowest BCUT2D eigenvalue weighted by Gasteiger charge is -2.36. The van der Waals surface area contributed by atoms with E-state index in [1.807, 2.05) is 18.2 Å². The molecule has 0 N–H and O–H groups in total. The van der Waals surface area contributed by atoms with Gasteiger partial charge in [0.15, 0.2) is 11.5 Å². The number of hydrogen-bond acceptors (Lipinski definition) is 5. The number of carbonyl (C=O) groups excluding carboxylic acids is 1. The van der Waals surface area contributed by atoms with Crippen molar-refractivity contribution in [2.24, 2.45) is 0 Å². The third-order valence-electron chi connectivity index (χ3n) is 5.86. The first kappa shape index (κ1) is 22.5. The molecular formula is C23H27FN2O5. The molecule has 0 aromatic heterocycles. The molecule has 2 aromatic carbocycles. The molecule has 1 aliphatic rings. The number of hydrogen-bond donors (Lipinski definition) is 0. The highest BCUT2D eigenvalue weighted by Gasteiger charge is 2.29. The molecule has 1 amide bonds. The minimum absolute atomic E-state index is 0.0160. The number of aryl methyl sites for hydroxylation is 1. The van der Waals surface area contributed by atoms with E-state index in [-0.39, 0.29) is 28.8 Å². The maximum Gasteiger partial charge on any atom is 0.276 e. The summed E-state index contributed by atoms with van der Waals surface area (Å²) in [6.07, 6.45) is 4.17. The molecule has 0 aliphatic carbocycles. The van der Waals surface area contributed by atoms with E-state index in [9.17, 15) is 19.3 Å². The van der Waals surface area contributed by atoms with Crippen LogP contribution in [0.4, 0.5) is 10.1 Å². The first-order chi connectivity index (χ1) is 14.8.